The van der Waals surface area contributed by atoms with Gasteiger partial charge in [-0.3, -0.25) is 9.69 Å². The lowest BCUT2D eigenvalue weighted by Crippen LogP contribution is -2.56. The molecule has 0 saturated carbocycles. The second-order valence-corrected chi connectivity index (χ2v) is 8.17. The predicted molar refractivity (Wildman–Crippen MR) is 93.9 cm³/mol. The zero-order valence-electron chi connectivity index (χ0n) is 15.9. The van der Waals surface area contributed by atoms with E-state index in [2.05, 4.69) is 11.9 Å². The maximum atomic E-state index is 13.0. The lowest BCUT2D eigenvalue weighted by molar-refractivity contribution is -0.139. The average Bonchev–Trinajstić information content (AvgIpc) is 2.52. The van der Waals surface area contributed by atoms with Crippen LogP contribution in [0.4, 0.5) is 4.79 Å². The SMILES string of the molecule is CN1CCC(N(C)C(=O)C2CCCCN2C(=O)OC(C)(C)C)CC1. The van der Waals surface area contributed by atoms with Crippen LogP contribution in [0.3, 0.4) is 0 Å². The van der Waals surface area contributed by atoms with Crippen LogP contribution in [0.5, 0.6) is 0 Å². The van der Waals surface area contributed by atoms with Crippen LogP contribution < -0.4 is 0 Å². The number of carbonyl (C=O) groups excluding carboxylic acids is 2. The van der Waals surface area contributed by atoms with Crippen LogP contribution in [0.25, 0.3) is 0 Å². The summed E-state index contributed by atoms with van der Waals surface area (Å²) in [6, 6.07) is -0.102. The molecule has 0 spiro atoms. The summed E-state index contributed by atoms with van der Waals surface area (Å²) in [6.07, 6.45) is 4.28. The van der Waals surface area contributed by atoms with Crippen molar-refractivity contribution in [2.75, 3.05) is 33.7 Å². The minimum Gasteiger partial charge on any atom is -0.444 e. The molecule has 0 radical (unpaired) electrons. The first-order valence-corrected chi connectivity index (χ1v) is 9.14. The van der Waals surface area contributed by atoms with Gasteiger partial charge >= 0.3 is 6.09 Å². The van der Waals surface area contributed by atoms with E-state index in [1.54, 1.807) is 4.90 Å². The monoisotopic (exact) mass is 339 g/mol. The minimum atomic E-state index is -0.540. The Bertz CT molecular complexity index is 453. The summed E-state index contributed by atoms with van der Waals surface area (Å²) in [6.45, 7) is 8.21. The molecule has 2 rings (SSSR count). The summed E-state index contributed by atoms with van der Waals surface area (Å²) in [5, 5.41) is 0. The van der Waals surface area contributed by atoms with Gasteiger partial charge in [-0.05, 0) is 73.0 Å². The number of amides is 2. The van der Waals surface area contributed by atoms with Gasteiger partial charge in [0.1, 0.15) is 11.6 Å². The van der Waals surface area contributed by atoms with Crippen LogP contribution in [-0.4, -0.2) is 78.1 Å². The number of hydrogen-bond acceptors (Lipinski definition) is 4. The molecule has 0 aromatic carbocycles. The second-order valence-electron chi connectivity index (χ2n) is 8.17. The normalized spacial score (nSPS) is 23.9. The summed E-state index contributed by atoms with van der Waals surface area (Å²) in [5.74, 6) is 0.0649. The maximum Gasteiger partial charge on any atom is 0.410 e. The van der Waals surface area contributed by atoms with E-state index in [1.165, 1.54) is 0 Å². The van der Waals surface area contributed by atoms with Gasteiger partial charge in [0, 0.05) is 19.6 Å². The summed E-state index contributed by atoms with van der Waals surface area (Å²) in [5.41, 5.74) is -0.540. The van der Waals surface area contributed by atoms with Gasteiger partial charge < -0.3 is 14.5 Å². The fourth-order valence-electron chi connectivity index (χ4n) is 3.52. The zero-order valence-corrected chi connectivity index (χ0v) is 15.9. The number of piperidine rings is 2. The molecule has 2 amide bonds. The van der Waals surface area contributed by atoms with E-state index in [9.17, 15) is 9.59 Å². The number of carbonyl (C=O) groups is 2. The molecule has 2 aliphatic rings. The highest BCUT2D eigenvalue weighted by molar-refractivity contribution is 5.86. The summed E-state index contributed by atoms with van der Waals surface area (Å²) in [4.78, 5) is 31.3. The van der Waals surface area contributed by atoms with E-state index < -0.39 is 5.60 Å². The van der Waals surface area contributed by atoms with Crippen molar-refractivity contribution in [2.45, 2.75) is 70.6 Å². The first-order valence-electron chi connectivity index (χ1n) is 9.14. The Kier molecular flexibility index (Phi) is 6.12. The van der Waals surface area contributed by atoms with Crippen LogP contribution in [0.2, 0.25) is 0 Å². The first kappa shape index (κ1) is 19.0. The Hall–Kier alpha value is -1.30. The van der Waals surface area contributed by atoms with Gasteiger partial charge in [0.25, 0.3) is 0 Å². The third-order valence-corrected chi connectivity index (χ3v) is 5.00. The molecule has 6 heteroatoms. The molecule has 0 aromatic rings. The van der Waals surface area contributed by atoms with Gasteiger partial charge in [0.2, 0.25) is 5.91 Å². The molecule has 6 nitrogen and oxygen atoms in total. The van der Waals surface area contributed by atoms with E-state index >= 15 is 0 Å². The van der Waals surface area contributed by atoms with Crippen LogP contribution in [0, 0.1) is 0 Å². The largest absolute Gasteiger partial charge is 0.444 e. The van der Waals surface area contributed by atoms with Gasteiger partial charge in [0.15, 0.2) is 0 Å². The lowest BCUT2D eigenvalue weighted by Gasteiger charge is -2.41. The molecule has 1 atom stereocenters. The van der Waals surface area contributed by atoms with Crippen LogP contribution in [-0.2, 0) is 9.53 Å². The number of likely N-dealkylation sites (N-methyl/N-ethyl adjacent to an activating group) is 1. The molecule has 0 N–H and O–H groups in total. The highest BCUT2D eigenvalue weighted by atomic mass is 16.6. The standard InChI is InChI=1S/C18H33N3O3/c1-18(2,3)24-17(23)21-11-7-6-8-15(21)16(22)20(5)14-9-12-19(4)13-10-14/h14-15H,6-13H2,1-5H3. The molecule has 24 heavy (non-hydrogen) atoms. The minimum absolute atomic E-state index is 0.0649. The smallest absolute Gasteiger partial charge is 0.410 e. The topological polar surface area (TPSA) is 53.1 Å². The van der Waals surface area contributed by atoms with E-state index in [1.807, 2.05) is 32.7 Å². The van der Waals surface area contributed by atoms with Crippen molar-refractivity contribution < 1.29 is 14.3 Å². The Balaban J connectivity index is 2.03. The van der Waals surface area contributed by atoms with Crippen LogP contribution in [0.1, 0.15) is 52.9 Å². The van der Waals surface area contributed by atoms with E-state index in [0.29, 0.717) is 6.54 Å². The molecule has 138 valence electrons. The fraction of sp³-hybridized carbons (Fsp3) is 0.889. The predicted octanol–water partition coefficient (Wildman–Crippen LogP) is 2.33. The third kappa shape index (κ3) is 4.85. The van der Waals surface area contributed by atoms with Gasteiger partial charge in [-0.2, -0.15) is 0 Å². The molecule has 2 aliphatic heterocycles. The van der Waals surface area contributed by atoms with Gasteiger partial charge in [-0.1, -0.05) is 0 Å². The quantitative estimate of drug-likeness (QED) is 0.775. The number of nitrogens with zero attached hydrogens (tertiary/aromatic N) is 3. The van der Waals surface area contributed by atoms with Crippen molar-refractivity contribution in [2.24, 2.45) is 0 Å². The Morgan fingerprint density at radius 3 is 2.25 bits per heavy atom. The van der Waals surface area contributed by atoms with Gasteiger partial charge in [-0.15, -0.1) is 0 Å². The summed E-state index contributed by atoms with van der Waals surface area (Å²) >= 11 is 0. The van der Waals surface area contributed by atoms with Crippen molar-refractivity contribution in [1.29, 1.82) is 0 Å². The first-order chi connectivity index (χ1) is 11.2. The molecule has 1 unspecified atom stereocenters. The number of likely N-dealkylation sites (tertiary alicyclic amines) is 2. The molecule has 0 bridgehead atoms. The van der Waals surface area contributed by atoms with Crippen molar-refractivity contribution in [1.82, 2.24) is 14.7 Å². The summed E-state index contributed by atoms with van der Waals surface area (Å²) in [7, 11) is 4.00. The van der Waals surface area contributed by atoms with Crippen LogP contribution >= 0.6 is 0 Å². The van der Waals surface area contributed by atoms with Crippen molar-refractivity contribution in [3.8, 4) is 0 Å². The molecule has 2 fully saturated rings. The maximum absolute atomic E-state index is 13.0. The number of ether oxygens (including phenoxy) is 1. The third-order valence-electron chi connectivity index (χ3n) is 5.00. The van der Waals surface area contributed by atoms with Crippen molar-refractivity contribution in [3.63, 3.8) is 0 Å². The molecule has 2 saturated heterocycles. The molecular formula is C18H33N3O3. The fourth-order valence-corrected chi connectivity index (χ4v) is 3.52. The lowest BCUT2D eigenvalue weighted by atomic mass is 9.98. The van der Waals surface area contributed by atoms with Crippen molar-refractivity contribution in [3.05, 3.63) is 0 Å². The highest BCUT2D eigenvalue weighted by Gasteiger charge is 2.38. The van der Waals surface area contributed by atoms with Crippen LogP contribution in [0.15, 0.2) is 0 Å². The highest BCUT2D eigenvalue weighted by Crippen LogP contribution is 2.24. The van der Waals surface area contributed by atoms with Gasteiger partial charge in [-0.25, -0.2) is 4.79 Å². The Morgan fingerprint density at radius 2 is 1.67 bits per heavy atom. The summed E-state index contributed by atoms with van der Waals surface area (Å²) < 4.78 is 5.51. The van der Waals surface area contributed by atoms with E-state index in [4.69, 9.17) is 4.74 Å². The number of hydrogen-bond donors (Lipinski definition) is 0. The second kappa shape index (κ2) is 7.72. The number of rotatable bonds is 2. The molecule has 0 aliphatic carbocycles. The van der Waals surface area contributed by atoms with Crippen molar-refractivity contribution >= 4 is 12.0 Å². The van der Waals surface area contributed by atoms with Gasteiger partial charge in [0.05, 0.1) is 0 Å². The van der Waals surface area contributed by atoms with E-state index in [0.717, 1.165) is 45.2 Å². The Morgan fingerprint density at radius 1 is 1.04 bits per heavy atom. The molecular weight excluding hydrogens is 306 g/mol. The average molecular weight is 339 g/mol. The van der Waals surface area contributed by atoms with E-state index in [-0.39, 0.29) is 24.1 Å². The molecule has 0 aromatic heterocycles. The molecule has 2 heterocycles. The Labute approximate surface area is 146 Å². The zero-order chi connectivity index (χ0) is 17.9.